The van der Waals surface area contributed by atoms with Crippen LogP contribution in [0.3, 0.4) is 0 Å². The van der Waals surface area contributed by atoms with Crippen molar-refractivity contribution in [3.8, 4) is 0 Å². The monoisotopic (exact) mass is 164 g/mol. The molecule has 1 saturated carbocycles. The first-order valence-electron chi connectivity index (χ1n) is 4.75. The molecule has 0 unspecified atom stereocenters. The van der Waals surface area contributed by atoms with Crippen LogP contribution in [0.15, 0.2) is 6.33 Å². The predicted molar refractivity (Wildman–Crippen MR) is 49.0 cm³/mol. The van der Waals surface area contributed by atoms with Gasteiger partial charge < -0.3 is 4.57 Å². The number of aromatic nitrogens is 2. The van der Waals surface area contributed by atoms with Crippen LogP contribution in [-0.2, 0) is 6.54 Å². The zero-order valence-electron chi connectivity index (χ0n) is 7.88. The van der Waals surface area contributed by atoms with Gasteiger partial charge in [0.2, 0.25) is 0 Å². The third-order valence-electron chi connectivity index (χ3n) is 2.82. The summed E-state index contributed by atoms with van der Waals surface area (Å²) < 4.78 is 2.27. The summed E-state index contributed by atoms with van der Waals surface area (Å²) in [5.41, 5.74) is 2.50. The Morgan fingerprint density at radius 1 is 1.50 bits per heavy atom. The van der Waals surface area contributed by atoms with Crippen LogP contribution in [0.1, 0.15) is 30.7 Å². The summed E-state index contributed by atoms with van der Waals surface area (Å²) in [7, 11) is 0. The molecule has 0 N–H and O–H groups in total. The molecule has 1 aliphatic carbocycles. The van der Waals surface area contributed by atoms with Crippen LogP contribution in [0.2, 0.25) is 0 Å². The second kappa shape index (κ2) is 2.92. The first-order chi connectivity index (χ1) is 5.77. The van der Waals surface area contributed by atoms with E-state index in [0.29, 0.717) is 0 Å². The highest BCUT2D eigenvalue weighted by Gasteiger charge is 2.20. The zero-order chi connectivity index (χ0) is 8.55. The number of nitrogens with zero attached hydrogens (tertiary/aromatic N) is 2. The van der Waals surface area contributed by atoms with Crippen molar-refractivity contribution in [1.29, 1.82) is 0 Å². The lowest BCUT2D eigenvalue weighted by molar-refractivity contribution is 0.586. The Hall–Kier alpha value is -0.790. The van der Waals surface area contributed by atoms with E-state index in [4.69, 9.17) is 0 Å². The van der Waals surface area contributed by atoms with E-state index in [1.807, 2.05) is 6.33 Å². The van der Waals surface area contributed by atoms with E-state index < -0.39 is 0 Å². The highest BCUT2D eigenvalue weighted by molar-refractivity contribution is 5.08. The van der Waals surface area contributed by atoms with Crippen molar-refractivity contribution >= 4 is 0 Å². The average Bonchev–Trinajstić information content (AvgIpc) is 2.82. The lowest BCUT2D eigenvalue weighted by atomic mass is 10.3. The number of hydrogen-bond donors (Lipinski definition) is 0. The first-order valence-corrected chi connectivity index (χ1v) is 4.75. The van der Waals surface area contributed by atoms with Crippen LogP contribution in [0.25, 0.3) is 0 Å². The van der Waals surface area contributed by atoms with Crippen molar-refractivity contribution < 1.29 is 0 Å². The molecule has 0 atom stereocenters. The lowest BCUT2D eigenvalue weighted by Crippen LogP contribution is -1.99. The quantitative estimate of drug-likeness (QED) is 0.670. The van der Waals surface area contributed by atoms with Crippen molar-refractivity contribution in [3.63, 3.8) is 0 Å². The maximum Gasteiger partial charge on any atom is 0.0951 e. The summed E-state index contributed by atoms with van der Waals surface area (Å²) in [6.07, 6.45) is 6.21. The SMILES string of the molecule is Cc1ncn(CCC2CC2)c1C. The van der Waals surface area contributed by atoms with Crippen LogP contribution in [0.5, 0.6) is 0 Å². The third kappa shape index (κ3) is 1.52. The highest BCUT2D eigenvalue weighted by Crippen LogP contribution is 2.32. The molecule has 1 aromatic heterocycles. The van der Waals surface area contributed by atoms with Crippen LogP contribution in [0, 0.1) is 19.8 Å². The number of rotatable bonds is 3. The minimum atomic E-state index is 1.02. The van der Waals surface area contributed by atoms with Gasteiger partial charge in [-0.3, -0.25) is 0 Å². The van der Waals surface area contributed by atoms with Gasteiger partial charge in [0, 0.05) is 12.2 Å². The maximum atomic E-state index is 4.28. The Labute approximate surface area is 73.6 Å². The van der Waals surface area contributed by atoms with Gasteiger partial charge in [-0.1, -0.05) is 12.8 Å². The molecule has 0 saturated heterocycles. The lowest BCUT2D eigenvalue weighted by Gasteiger charge is -2.03. The molecule has 0 aliphatic heterocycles. The average molecular weight is 164 g/mol. The summed E-state index contributed by atoms with van der Waals surface area (Å²) in [5, 5.41) is 0. The molecular formula is C10H16N2. The molecule has 0 radical (unpaired) electrons. The van der Waals surface area contributed by atoms with Gasteiger partial charge in [0.1, 0.15) is 0 Å². The molecule has 0 spiro atoms. The number of hydrogen-bond acceptors (Lipinski definition) is 1. The van der Waals surface area contributed by atoms with Crippen LogP contribution < -0.4 is 0 Å². The topological polar surface area (TPSA) is 17.8 Å². The Balaban J connectivity index is 1.96. The molecule has 1 heterocycles. The van der Waals surface area contributed by atoms with E-state index in [1.54, 1.807) is 0 Å². The van der Waals surface area contributed by atoms with E-state index in [1.165, 1.54) is 30.7 Å². The van der Waals surface area contributed by atoms with Gasteiger partial charge in [-0.05, 0) is 26.2 Å². The van der Waals surface area contributed by atoms with E-state index >= 15 is 0 Å². The first kappa shape index (κ1) is 7.84. The summed E-state index contributed by atoms with van der Waals surface area (Å²) in [6.45, 7) is 5.38. The number of aryl methyl sites for hydroxylation is 2. The maximum absolute atomic E-state index is 4.28. The molecule has 2 rings (SSSR count). The van der Waals surface area contributed by atoms with Gasteiger partial charge in [-0.2, -0.15) is 0 Å². The Morgan fingerprint density at radius 3 is 2.75 bits per heavy atom. The largest absolute Gasteiger partial charge is 0.335 e. The molecular weight excluding hydrogens is 148 g/mol. The Kier molecular flexibility index (Phi) is 1.91. The molecule has 1 aromatic rings. The standard InChI is InChI=1S/C10H16N2/c1-8-9(2)12(7-11-8)6-5-10-3-4-10/h7,10H,3-6H2,1-2H3. The van der Waals surface area contributed by atoms with Crippen molar-refractivity contribution in [3.05, 3.63) is 17.7 Å². The molecule has 0 aromatic carbocycles. The Morgan fingerprint density at radius 2 is 2.25 bits per heavy atom. The van der Waals surface area contributed by atoms with Crippen molar-refractivity contribution in [2.45, 2.75) is 39.7 Å². The van der Waals surface area contributed by atoms with Gasteiger partial charge in [-0.25, -0.2) is 4.98 Å². The van der Waals surface area contributed by atoms with E-state index in [9.17, 15) is 0 Å². The fourth-order valence-corrected chi connectivity index (χ4v) is 1.50. The molecule has 1 aliphatic rings. The van der Waals surface area contributed by atoms with Crippen LogP contribution in [0.4, 0.5) is 0 Å². The molecule has 0 bridgehead atoms. The van der Waals surface area contributed by atoms with Gasteiger partial charge >= 0.3 is 0 Å². The van der Waals surface area contributed by atoms with E-state index in [-0.39, 0.29) is 0 Å². The van der Waals surface area contributed by atoms with Crippen LogP contribution in [-0.4, -0.2) is 9.55 Å². The van der Waals surface area contributed by atoms with Gasteiger partial charge in [-0.15, -0.1) is 0 Å². The molecule has 66 valence electrons. The van der Waals surface area contributed by atoms with E-state index in [2.05, 4.69) is 23.4 Å². The molecule has 2 nitrogen and oxygen atoms in total. The zero-order valence-corrected chi connectivity index (χ0v) is 7.88. The normalized spacial score (nSPS) is 16.8. The second-order valence-electron chi connectivity index (χ2n) is 3.84. The summed E-state index contributed by atoms with van der Waals surface area (Å²) in [4.78, 5) is 4.28. The van der Waals surface area contributed by atoms with Crippen molar-refractivity contribution in [1.82, 2.24) is 9.55 Å². The summed E-state index contributed by atoms with van der Waals surface area (Å²) >= 11 is 0. The van der Waals surface area contributed by atoms with Crippen LogP contribution >= 0.6 is 0 Å². The van der Waals surface area contributed by atoms with Crippen molar-refractivity contribution in [2.75, 3.05) is 0 Å². The highest BCUT2D eigenvalue weighted by atomic mass is 15.0. The molecule has 12 heavy (non-hydrogen) atoms. The third-order valence-corrected chi connectivity index (χ3v) is 2.82. The summed E-state index contributed by atoms with van der Waals surface area (Å²) in [5.74, 6) is 1.02. The van der Waals surface area contributed by atoms with Crippen molar-refractivity contribution in [2.24, 2.45) is 5.92 Å². The number of imidazole rings is 1. The Bertz CT molecular complexity index is 271. The minimum Gasteiger partial charge on any atom is -0.335 e. The predicted octanol–water partition coefficient (Wildman–Crippen LogP) is 2.30. The second-order valence-corrected chi connectivity index (χ2v) is 3.84. The fourth-order valence-electron chi connectivity index (χ4n) is 1.50. The minimum absolute atomic E-state index is 1.02. The molecule has 2 heteroatoms. The molecule has 0 amide bonds. The molecule has 1 fully saturated rings. The fraction of sp³-hybridized carbons (Fsp3) is 0.700. The smallest absolute Gasteiger partial charge is 0.0951 e. The summed E-state index contributed by atoms with van der Waals surface area (Å²) in [6, 6.07) is 0. The van der Waals surface area contributed by atoms with Gasteiger partial charge in [0.15, 0.2) is 0 Å². The van der Waals surface area contributed by atoms with Gasteiger partial charge in [0.25, 0.3) is 0 Å². The van der Waals surface area contributed by atoms with Gasteiger partial charge in [0.05, 0.1) is 12.0 Å². The van der Waals surface area contributed by atoms with E-state index in [0.717, 1.165) is 12.5 Å².